The molecule has 0 bridgehead atoms. The lowest BCUT2D eigenvalue weighted by Crippen LogP contribution is -2.61. The number of aliphatic hydroxyl groups is 7. The zero-order valence-electron chi connectivity index (χ0n) is 22.6. The highest BCUT2D eigenvalue weighted by molar-refractivity contribution is 5.88. The fourth-order valence-corrected chi connectivity index (χ4v) is 4.87. The van der Waals surface area contributed by atoms with Crippen LogP contribution in [0.1, 0.15) is 0 Å². The number of aromatic hydroxyl groups is 3. The molecule has 3 heterocycles. The molecule has 3 aromatic rings. The fraction of sp³-hybridized carbons (Fsp3) is 0.407. The molecule has 0 spiro atoms. The number of hydrogen-bond donors (Lipinski definition) is 11. The number of ether oxygens (including phenoxy) is 4. The molecule has 0 unspecified atom stereocenters. The predicted octanol–water partition coefficient (Wildman–Crippen LogP) is -2.97. The van der Waals surface area contributed by atoms with Gasteiger partial charge in [0.05, 0.1) is 6.61 Å². The number of aliphatic carboxylic acids is 1. The zero-order chi connectivity index (χ0) is 32.9. The van der Waals surface area contributed by atoms with Crippen LogP contribution in [0.25, 0.3) is 22.3 Å². The van der Waals surface area contributed by atoms with Crippen LogP contribution in [-0.4, -0.2) is 130 Å². The number of phenolic OH excluding ortho intramolecular Hbond substituents is 3. The summed E-state index contributed by atoms with van der Waals surface area (Å²) in [6, 6.07) is 4.95. The molecule has 244 valence electrons. The fourth-order valence-electron chi connectivity index (χ4n) is 4.87. The van der Waals surface area contributed by atoms with Crippen LogP contribution in [0.5, 0.6) is 28.7 Å². The lowest BCUT2D eigenvalue weighted by atomic mass is 9.99. The number of carboxylic acid groups (broad SMARTS) is 1. The van der Waals surface area contributed by atoms with Gasteiger partial charge in [-0.2, -0.15) is 0 Å². The molecule has 5 rings (SSSR count). The first-order valence-corrected chi connectivity index (χ1v) is 13.2. The molecule has 2 fully saturated rings. The largest absolute Gasteiger partial charge is 0.508 e. The molecule has 0 radical (unpaired) electrons. The van der Waals surface area contributed by atoms with Crippen LogP contribution in [-0.2, 0) is 14.3 Å². The van der Waals surface area contributed by atoms with Gasteiger partial charge in [-0.1, -0.05) is 0 Å². The van der Waals surface area contributed by atoms with E-state index in [2.05, 4.69) is 0 Å². The smallest absolute Gasteiger partial charge is 0.335 e. The third kappa shape index (κ3) is 5.81. The summed E-state index contributed by atoms with van der Waals surface area (Å²) < 4.78 is 27.2. The van der Waals surface area contributed by atoms with Crippen molar-refractivity contribution in [3.05, 3.63) is 40.6 Å². The number of benzene rings is 2. The average molecular weight is 641 g/mol. The van der Waals surface area contributed by atoms with Crippen LogP contribution < -0.4 is 14.9 Å². The maximum atomic E-state index is 13.6. The predicted molar refractivity (Wildman–Crippen MR) is 142 cm³/mol. The molecular formula is C27H28O18. The SMILES string of the molecule is O=C(O)[C@H]1O[C@@H](Oc2cc(-c3oc4cc(O)cc(O)c4c(=O)c3O[C@@H]3O[C@H](CO)[C@@H](O)[C@H](O)[C@H]3O)ccc2O)[C@H](O)[C@@H](O)[C@@H]1O. The molecule has 2 aliphatic heterocycles. The Balaban J connectivity index is 1.60. The maximum absolute atomic E-state index is 13.6. The Morgan fingerprint density at radius 2 is 1.42 bits per heavy atom. The minimum Gasteiger partial charge on any atom is -0.508 e. The number of carboxylic acids is 1. The highest BCUT2D eigenvalue weighted by Crippen LogP contribution is 2.40. The lowest BCUT2D eigenvalue weighted by Gasteiger charge is -2.39. The quantitative estimate of drug-likeness (QED) is 0.123. The first kappa shape index (κ1) is 32.2. The van der Waals surface area contributed by atoms with Crippen LogP contribution >= 0.6 is 0 Å². The lowest BCUT2D eigenvalue weighted by molar-refractivity contribution is -0.277. The van der Waals surface area contributed by atoms with Crippen molar-refractivity contribution in [3.63, 3.8) is 0 Å². The van der Waals surface area contributed by atoms with Gasteiger partial charge in [0.1, 0.15) is 65.2 Å². The van der Waals surface area contributed by atoms with Crippen molar-refractivity contribution in [2.24, 2.45) is 0 Å². The van der Waals surface area contributed by atoms with Crippen molar-refractivity contribution < 1.29 is 84.3 Å². The first-order chi connectivity index (χ1) is 21.2. The van der Waals surface area contributed by atoms with E-state index in [1.165, 1.54) is 0 Å². The van der Waals surface area contributed by atoms with E-state index in [9.17, 15) is 65.8 Å². The Morgan fingerprint density at radius 1 is 0.778 bits per heavy atom. The summed E-state index contributed by atoms with van der Waals surface area (Å²) in [7, 11) is 0. The highest BCUT2D eigenvalue weighted by atomic mass is 16.7. The molecule has 45 heavy (non-hydrogen) atoms. The topological polar surface area (TPSA) is 307 Å². The van der Waals surface area contributed by atoms with E-state index in [0.717, 1.165) is 30.3 Å². The second-order valence-corrected chi connectivity index (χ2v) is 10.3. The van der Waals surface area contributed by atoms with Crippen molar-refractivity contribution >= 4 is 16.9 Å². The van der Waals surface area contributed by atoms with Gasteiger partial charge in [-0.25, -0.2) is 4.79 Å². The minimum absolute atomic E-state index is 0.162. The summed E-state index contributed by atoms with van der Waals surface area (Å²) in [6.45, 7) is -0.827. The molecule has 18 heteroatoms. The molecule has 1 aromatic heterocycles. The molecule has 2 aliphatic rings. The normalized spacial score (nSPS) is 31.9. The van der Waals surface area contributed by atoms with E-state index in [-0.39, 0.29) is 11.1 Å². The Kier molecular flexibility index (Phi) is 8.77. The van der Waals surface area contributed by atoms with Crippen LogP contribution in [0, 0.1) is 0 Å². The second kappa shape index (κ2) is 12.3. The van der Waals surface area contributed by atoms with Crippen molar-refractivity contribution in [1.82, 2.24) is 0 Å². The molecule has 2 aromatic carbocycles. The first-order valence-electron chi connectivity index (χ1n) is 13.2. The Hall–Kier alpha value is -4.24. The van der Waals surface area contributed by atoms with E-state index in [1.807, 2.05) is 0 Å². The van der Waals surface area contributed by atoms with E-state index in [1.54, 1.807) is 0 Å². The number of hydrogen-bond acceptors (Lipinski definition) is 17. The van der Waals surface area contributed by atoms with Gasteiger partial charge in [-0.3, -0.25) is 4.79 Å². The number of aliphatic hydroxyl groups excluding tert-OH is 7. The Bertz CT molecular complexity index is 1640. The van der Waals surface area contributed by atoms with Gasteiger partial charge < -0.3 is 79.5 Å². The monoisotopic (exact) mass is 640 g/mol. The summed E-state index contributed by atoms with van der Waals surface area (Å²) in [6.07, 6.45) is -19.0. The van der Waals surface area contributed by atoms with Crippen LogP contribution in [0.4, 0.5) is 0 Å². The summed E-state index contributed by atoms with van der Waals surface area (Å²) >= 11 is 0. The van der Waals surface area contributed by atoms with Gasteiger partial charge in [-0.15, -0.1) is 0 Å². The summed E-state index contributed by atoms with van der Waals surface area (Å²) in [5.41, 5.74) is -1.63. The molecular weight excluding hydrogens is 612 g/mol. The third-order valence-electron chi connectivity index (χ3n) is 7.28. The molecule has 0 amide bonds. The summed E-state index contributed by atoms with van der Waals surface area (Å²) in [5.74, 6) is -5.40. The third-order valence-corrected chi connectivity index (χ3v) is 7.28. The van der Waals surface area contributed by atoms with Gasteiger partial charge >= 0.3 is 5.97 Å². The maximum Gasteiger partial charge on any atom is 0.335 e. The van der Waals surface area contributed by atoms with Gasteiger partial charge in [0, 0.05) is 17.7 Å². The number of rotatable bonds is 7. The van der Waals surface area contributed by atoms with Crippen molar-refractivity contribution in [2.45, 2.75) is 61.4 Å². The Labute approximate surface area is 250 Å². The molecule has 2 saturated heterocycles. The molecule has 0 aliphatic carbocycles. The minimum atomic E-state index is -2.03. The van der Waals surface area contributed by atoms with E-state index in [0.29, 0.717) is 0 Å². The second-order valence-electron chi connectivity index (χ2n) is 10.3. The van der Waals surface area contributed by atoms with E-state index < -0.39 is 119 Å². The van der Waals surface area contributed by atoms with Gasteiger partial charge in [0.25, 0.3) is 0 Å². The number of carbonyl (C=O) groups is 1. The standard InChI is InChI=1S/C27H28O18/c28-6-13-15(32)17(34)20(37)27(43-13)44-23-16(33)14-10(31)4-8(29)5-12(14)41-22(23)7-1-2-9(30)11(3-7)42-26-21(38)18(35)19(36)24(45-26)25(39)40/h1-5,13,15,17-21,24,26-32,34-38H,6H2,(H,39,40)/t13-,15-,17+,18+,19+,20-,21-,24+,26-,27+/m1/s1. The van der Waals surface area contributed by atoms with Crippen LogP contribution in [0.3, 0.4) is 0 Å². The number of fused-ring (bicyclic) bond motifs is 1. The van der Waals surface area contributed by atoms with E-state index in [4.69, 9.17) is 23.4 Å². The van der Waals surface area contributed by atoms with Crippen LogP contribution in [0.15, 0.2) is 39.5 Å². The Morgan fingerprint density at radius 3 is 2.07 bits per heavy atom. The molecule has 0 saturated carbocycles. The molecule has 11 N–H and O–H groups in total. The zero-order valence-corrected chi connectivity index (χ0v) is 22.6. The van der Waals surface area contributed by atoms with Crippen molar-refractivity contribution in [1.29, 1.82) is 0 Å². The molecule has 18 nitrogen and oxygen atoms in total. The summed E-state index contributed by atoms with van der Waals surface area (Å²) in [4.78, 5) is 25.1. The van der Waals surface area contributed by atoms with Gasteiger partial charge in [-0.05, 0) is 18.2 Å². The highest BCUT2D eigenvalue weighted by Gasteiger charge is 2.48. The van der Waals surface area contributed by atoms with E-state index >= 15 is 0 Å². The van der Waals surface area contributed by atoms with Gasteiger partial charge in [0.2, 0.25) is 23.8 Å². The van der Waals surface area contributed by atoms with Crippen molar-refractivity contribution in [2.75, 3.05) is 6.61 Å². The average Bonchev–Trinajstić information content (AvgIpc) is 2.99. The van der Waals surface area contributed by atoms with Crippen molar-refractivity contribution in [3.8, 4) is 40.1 Å². The van der Waals surface area contributed by atoms with Gasteiger partial charge in [0.15, 0.2) is 23.4 Å². The molecule has 10 atom stereocenters. The number of phenols is 3. The van der Waals surface area contributed by atoms with Crippen LogP contribution in [0.2, 0.25) is 0 Å². The summed E-state index contributed by atoms with van der Waals surface area (Å²) in [5, 5.41) is 110.